The van der Waals surface area contributed by atoms with Gasteiger partial charge in [-0.15, -0.1) is 0 Å². The number of methoxy groups -OCH3 is 2. The lowest BCUT2D eigenvalue weighted by atomic mass is 9.94. The van der Waals surface area contributed by atoms with E-state index in [0.29, 0.717) is 0 Å². The summed E-state index contributed by atoms with van der Waals surface area (Å²) in [7, 11) is 3.36. The number of aromatic nitrogens is 1. The molecule has 4 nitrogen and oxygen atoms in total. The van der Waals surface area contributed by atoms with Crippen molar-refractivity contribution in [3.8, 4) is 11.5 Å². The summed E-state index contributed by atoms with van der Waals surface area (Å²) in [5.41, 5.74) is 4.99. The molecule has 0 aliphatic carbocycles. The van der Waals surface area contributed by atoms with Gasteiger partial charge in [0.25, 0.3) is 0 Å². The number of benzene rings is 2. The quantitative estimate of drug-likeness (QED) is 0.779. The number of aromatic amines is 1. The molecular formula is C19H20N2O2. The molecule has 2 heterocycles. The van der Waals surface area contributed by atoms with Crippen LogP contribution in [0.5, 0.6) is 11.5 Å². The monoisotopic (exact) mass is 308 g/mol. The van der Waals surface area contributed by atoms with E-state index in [4.69, 9.17) is 9.47 Å². The fourth-order valence-corrected chi connectivity index (χ4v) is 3.46. The molecule has 1 atom stereocenters. The van der Waals surface area contributed by atoms with Gasteiger partial charge in [0.15, 0.2) is 0 Å². The second-order valence-corrected chi connectivity index (χ2v) is 5.85. The van der Waals surface area contributed by atoms with Crippen LogP contribution in [0.15, 0.2) is 42.5 Å². The van der Waals surface area contributed by atoms with E-state index >= 15 is 0 Å². The van der Waals surface area contributed by atoms with Crippen LogP contribution in [-0.4, -0.2) is 25.7 Å². The molecule has 2 N–H and O–H groups in total. The molecule has 118 valence electrons. The highest BCUT2D eigenvalue weighted by Crippen LogP contribution is 2.36. The molecular weight excluding hydrogens is 288 g/mol. The second-order valence-electron chi connectivity index (χ2n) is 5.85. The highest BCUT2D eigenvalue weighted by molar-refractivity contribution is 5.85. The smallest absolute Gasteiger partial charge is 0.122 e. The Morgan fingerprint density at radius 1 is 1.00 bits per heavy atom. The van der Waals surface area contributed by atoms with E-state index in [1.165, 1.54) is 22.2 Å². The Morgan fingerprint density at radius 2 is 1.74 bits per heavy atom. The van der Waals surface area contributed by atoms with Crippen molar-refractivity contribution >= 4 is 10.9 Å². The normalized spacial score (nSPS) is 17.0. The fourth-order valence-electron chi connectivity index (χ4n) is 3.46. The first kappa shape index (κ1) is 14.2. The molecule has 3 aromatic rings. The Balaban J connectivity index is 1.86. The Morgan fingerprint density at radius 3 is 2.48 bits per heavy atom. The lowest BCUT2D eigenvalue weighted by molar-refractivity contribution is 0.392. The zero-order chi connectivity index (χ0) is 15.8. The zero-order valence-corrected chi connectivity index (χ0v) is 13.3. The van der Waals surface area contributed by atoms with Crippen molar-refractivity contribution in [2.24, 2.45) is 0 Å². The molecule has 4 rings (SSSR count). The van der Waals surface area contributed by atoms with Gasteiger partial charge in [-0.05, 0) is 35.7 Å². The average Bonchev–Trinajstić information content (AvgIpc) is 3.00. The Hall–Kier alpha value is -2.46. The number of hydrogen-bond acceptors (Lipinski definition) is 3. The zero-order valence-electron chi connectivity index (χ0n) is 13.3. The average molecular weight is 308 g/mol. The molecule has 0 spiro atoms. The van der Waals surface area contributed by atoms with Crippen molar-refractivity contribution in [3.63, 3.8) is 0 Å². The van der Waals surface area contributed by atoms with Crippen molar-refractivity contribution in [2.45, 2.75) is 12.5 Å². The maximum atomic E-state index is 5.42. The van der Waals surface area contributed by atoms with Crippen LogP contribution in [0.2, 0.25) is 0 Å². The highest BCUT2D eigenvalue weighted by Gasteiger charge is 2.25. The molecule has 0 fully saturated rings. The predicted molar refractivity (Wildman–Crippen MR) is 91.4 cm³/mol. The summed E-state index contributed by atoms with van der Waals surface area (Å²) >= 11 is 0. The van der Waals surface area contributed by atoms with Crippen LogP contribution >= 0.6 is 0 Å². The second kappa shape index (κ2) is 5.63. The van der Waals surface area contributed by atoms with Gasteiger partial charge in [-0.3, -0.25) is 0 Å². The van der Waals surface area contributed by atoms with Crippen molar-refractivity contribution in [1.82, 2.24) is 10.3 Å². The molecule has 1 aromatic heterocycles. The summed E-state index contributed by atoms with van der Waals surface area (Å²) in [4.78, 5) is 3.60. The van der Waals surface area contributed by atoms with Crippen molar-refractivity contribution < 1.29 is 9.47 Å². The Labute approximate surface area is 135 Å². The van der Waals surface area contributed by atoms with Crippen LogP contribution in [0.25, 0.3) is 10.9 Å². The molecule has 2 aromatic carbocycles. The third-order valence-corrected chi connectivity index (χ3v) is 4.57. The molecule has 1 aliphatic rings. The minimum absolute atomic E-state index is 0.121. The first-order valence-electron chi connectivity index (χ1n) is 7.86. The molecule has 0 radical (unpaired) electrons. The lowest BCUT2D eigenvalue weighted by Crippen LogP contribution is -2.30. The van der Waals surface area contributed by atoms with Gasteiger partial charge in [0.2, 0.25) is 0 Å². The number of para-hydroxylation sites is 1. The minimum Gasteiger partial charge on any atom is -0.497 e. The summed E-state index contributed by atoms with van der Waals surface area (Å²) in [6, 6.07) is 14.7. The van der Waals surface area contributed by atoms with Crippen molar-refractivity contribution in [1.29, 1.82) is 0 Å². The summed E-state index contributed by atoms with van der Waals surface area (Å²) in [6.07, 6.45) is 1.04. The standard InChI is InChI=1S/C19H20N2O2/c1-22-13-9-12(10-14(11-13)23-2)18-19-16(7-8-20-18)15-5-3-4-6-17(15)21-19/h3-6,9-11,18,20-21H,7-8H2,1-2H3/t18-/m1/s1. The highest BCUT2D eigenvalue weighted by atomic mass is 16.5. The first-order valence-corrected chi connectivity index (χ1v) is 7.86. The number of hydrogen-bond donors (Lipinski definition) is 2. The predicted octanol–water partition coefficient (Wildman–Crippen LogP) is 3.42. The third kappa shape index (κ3) is 2.35. The SMILES string of the molecule is COc1cc(OC)cc([C@H]2NCCc3c2[nH]c2ccccc32)c1. The van der Waals surface area contributed by atoms with E-state index in [1.54, 1.807) is 14.2 Å². The lowest BCUT2D eigenvalue weighted by Gasteiger charge is -2.25. The van der Waals surface area contributed by atoms with Gasteiger partial charge < -0.3 is 19.8 Å². The topological polar surface area (TPSA) is 46.3 Å². The van der Waals surface area contributed by atoms with E-state index in [-0.39, 0.29) is 6.04 Å². The fraction of sp³-hybridized carbons (Fsp3) is 0.263. The third-order valence-electron chi connectivity index (χ3n) is 4.57. The molecule has 4 heteroatoms. The van der Waals surface area contributed by atoms with Crippen LogP contribution in [0, 0.1) is 0 Å². The van der Waals surface area contributed by atoms with E-state index in [2.05, 4.69) is 46.7 Å². The number of fused-ring (bicyclic) bond motifs is 3. The maximum Gasteiger partial charge on any atom is 0.122 e. The Bertz CT molecular complexity index is 831. The summed E-state index contributed by atoms with van der Waals surface area (Å²) in [5.74, 6) is 1.62. The minimum atomic E-state index is 0.121. The van der Waals surface area contributed by atoms with Gasteiger partial charge in [0.05, 0.1) is 20.3 Å². The van der Waals surface area contributed by atoms with Crippen LogP contribution in [0.3, 0.4) is 0 Å². The van der Waals surface area contributed by atoms with Crippen LogP contribution < -0.4 is 14.8 Å². The molecule has 1 aliphatic heterocycles. The van der Waals surface area contributed by atoms with Gasteiger partial charge in [-0.1, -0.05) is 18.2 Å². The number of nitrogens with one attached hydrogen (secondary N) is 2. The van der Waals surface area contributed by atoms with E-state index < -0.39 is 0 Å². The number of rotatable bonds is 3. The molecule has 0 amide bonds. The maximum absolute atomic E-state index is 5.42. The van der Waals surface area contributed by atoms with Crippen LogP contribution in [0.4, 0.5) is 0 Å². The van der Waals surface area contributed by atoms with Crippen LogP contribution in [-0.2, 0) is 6.42 Å². The molecule has 0 saturated heterocycles. The number of H-pyrrole nitrogens is 1. The molecule has 0 saturated carbocycles. The van der Waals surface area contributed by atoms with Crippen LogP contribution in [0.1, 0.15) is 22.9 Å². The molecule has 23 heavy (non-hydrogen) atoms. The van der Waals surface area contributed by atoms with Gasteiger partial charge >= 0.3 is 0 Å². The first-order chi connectivity index (χ1) is 11.3. The summed E-state index contributed by atoms with van der Waals surface area (Å²) in [5, 5.41) is 4.94. The summed E-state index contributed by atoms with van der Waals surface area (Å²) in [6.45, 7) is 0.957. The largest absolute Gasteiger partial charge is 0.497 e. The van der Waals surface area contributed by atoms with E-state index in [9.17, 15) is 0 Å². The van der Waals surface area contributed by atoms with Gasteiger partial charge in [-0.25, -0.2) is 0 Å². The van der Waals surface area contributed by atoms with Crippen molar-refractivity contribution in [2.75, 3.05) is 20.8 Å². The summed E-state index contributed by atoms with van der Waals surface area (Å²) < 4.78 is 10.8. The molecule has 0 unspecified atom stereocenters. The molecule has 0 bridgehead atoms. The number of ether oxygens (including phenoxy) is 2. The van der Waals surface area contributed by atoms with Gasteiger partial charge in [0, 0.05) is 29.2 Å². The Kier molecular flexibility index (Phi) is 3.46. The van der Waals surface area contributed by atoms with E-state index in [0.717, 1.165) is 30.0 Å². The van der Waals surface area contributed by atoms with Crippen molar-refractivity contribution in [3.05, 3.63) is 59.3 Å². The van der Waals surface area contributed by atoms with Gasteiger partial charge in [0.1, 0.15) is 11.5 Å². The van der Waals surface area contributed by atoms with Gasteiger partial charge in [-0.2, -0.15) is 0 Å². The van der Waals surface area contributed by atoms with E-state index in [1.807, 2.05) is 6.07 Å².